The number of halogens is 1. The van der Waals surface area contributed by atoms with E-state index in [9.17, 15) is 4.79 Å². The van der Waals surface area contributed by atoms with E-state index in [1.54, 1.807) is 12.1 Å². The highest BCUT2D eigenvalue weighted by Gasteiger charge is 2.31. The van der Waals surface area contributed by atoms with Crippen molar-refractivity contribution >= 4 is 29.1 Å². The van der Waals surface area contributed by atoms with Crippen molar-refractivity contribution in [3.05, 3.63) is 66.1 Å². The van der Waals surface area contributed by atoms with Gasteiger partial charge >= 0.3 is 0 Å². The Hall–Kier alpha value is -2.50. The van der Waals surface area contributed by atoms with E-state index in [1.165, 1.54) is 5.39 Å². The highest BCUT2D eigenvalue weighted by molar-refractivity contribution is 5.91. The molecule has 1 aromatic heterocycles. The standard InChI is InChI=1S/C21H22N2O3.ClH/c22-12-19(15-5-6-15)23-21(24)20-10-9-18(26-20)13-25-17-8-7-14-3-1-2-4-16(14)11-17;/h1-4,7-11,15,19H,5-6,12-13,22H2,(H,23,24);1H. The molecule has 5 nitrogen and oxygen atoms in total. The van der Waals surface area contributed by atoms with Crippen LogP contribution in [-0.2, 0) is 6.61 Å². The van der Waals surface area contributed by atoms with Crippen LogP contribution in [0.2, 0.25) is 0 Å². The summed E-state index contributed by atoms with van der Waals surface area (Å²) in [5.41, 5.74) is 5.73. The zero-order valence-corrected chi connectivity index (χ0v) is 15.7. The molecule has 1 heterocycles. The van der Waals surface area contributed by atoms with Crippen molar-refractivity contribution in [2.75, 3.05) is 6.54 Å². The lowest BCUT2D eigenvalue weighted by atomic mass is 10.1. The van der Waals surface area contributed by atoms with Gasteiger partial charge in [-0.1, -0.05) is 30.3 Å². The largest absolute Gasteiger partial charge is 0.486 e. The number of furan rings is 1. The lowest BCUT2D eigenvalue weighted by Crippen LogP contribution is -2.41. The average molecular weight is 387 g/mol. The number of benzene rings is 2. The Morgan fingerprint density at radius 2 is 1.93 bits per heavy atom. The molecular weight excluding hydrogens is 364 g/mol. The van der Waals surface area contributed by atoms with Crippen molar-refractivity contribution in [3.63, 3.8) is 0 Å². The molecule has 3 N–H and O–H groups in total. The van der Waals surface area contributed by atoms with Gasteiger partial charge in [0.2, 0.25) is 0 Å². The molecule has 1 aliphatic carbocycles. The molecule has 1 atom stereocenters. The second kappa shape index (κ2) is 8.46. The lowest BCUT2D eigenvalue weighted by Gasteiger charge is -2.14. The second-order valence-electron chi connectivity index (χ2n) is 6.72. The fourth-order valence-corrected chi connectivity index (χ4v) is 3.10. The van der Waals surface area contributed by atoms with E-state index in [0.717, 1.165) is 24.0 Å². The first-order chi connectivity index (χ1) is 12.7. The van der Waals surface area contributed by atoms with Crippen LogP contribution >= 0.6 is 12.4 Å². The lowest BCUT2D eigenvalue weighted by molar-refractivity contribution is 0.0901. The van der Waals surface area contributed by atoms with Crippen LogP contribution in [0.25, 0.3) is 10.8 Å². The van der Waals surface area contributed by atoms with E-state index in [-0.39, 0.29) is 31.0 Å². The Kier molecular flexibility index (Phi) is 6.04. The summed E-state index contributed by atoms with van der Waals surface area (Å²) in [5, 5.41) is 5.24. The molecule has 0 saturated heterocycles. The van der Waals surface area contributed by atoms with Gasteiger partial charge in [-0.2, -0.15) is 0 Å². The Morgan fingerprint density at radius 3 is 2.67 bits per heavy atom. The van der Waals surface area contributed by atoms with Crippen molar-refractivity contribution in [2.45, 2.75) is 25.5 Å². The predicted molar refractivity (Wildman–Crippen MR) is 107 cm³/mol. The fourth-order valence-electron chi connectivity index (χ4n) is 3.10. The van der Waals surface area contributed by atoms with Gasteiger partial charge in [-0.05, 0) is 53.8 Å². The molecule has 6 heteroatoms. The van der Waals surface area contributed by atoms with Crippen molar-refractivity contribution in [3.8, 4) is 5.75 Å². The molecule has 142 valence electrons. The van der Waals surface area contributed by atoms with Crippen LogP contribution < -0.4 is 15.8 Å². The van der Waals surface area contributed by atoms with Crippen molar-refractivity contribution in [1.82, 2.24) is 5.32 Å². The number of amides is 1. The Morgan fingerprint density at radius 1 is 1.15 bits per heavy atom. The van der Waals surface area contributed by atoms with E-state index in [1.807, 2.05) is 36.4 Å². The van der Waals surface area contributed by atoms with Crippen LogP contribution in [0.3, 0.4) is 0 Å². The third kappa shape index (κ3) is 4.62. The summed E-state index contributed by atoms with van der Waals surface area (Å²) in [6, 6.07) is 17.5. The van der Waals surface area contributed by atoms with Gasteiger partial charge in [-0.3, -0.25) is 4.79 Å². The van der Waals surface area contributed by atoms with Crippen LogP contribution in [0, 0.1) is 5.92 Å². The topological polar surface area (TPSA) is 77.5 Å². The number of carbonyl (C=O) groups is 1. The van der Waals surface area contributed by atoms with Crippen LogP contribution in [-0.4, -0.2) is 18.5 Å². The van der Waals surface area contributed by atoms with Crippen LogP contribution in [0.15, 0.2) is 59.0 Å². The summed E-state index contributed by atoms with van der Waals surface area (Å²) in [5.74, 6) is 1.96. The fraction of sp³-hybridized carbons (Fsp3) is 0.286. The van der Waals surface area contributed by atoms with Gasteiger partial charge in [0.1, 0.15) is 18.1 Å². The summed E-state index contributed by atoms with van der Waals surface area (Å²) in [4.78, 5) is 12.3. The van der Waals surface area contributed by atoms with E-state index < -0.39 is 0 Å². The minimum atomic E-state index is -0.218. The molecule has 1 amide bonds. The third-order valence-corrected chi connectivity index (χ3v) is 4.75. The predicted octanol–water partition coefficient (Wildman–Crippen LogP) is 3.90. The third-order valence-electron chi connectivity index (χ3n) is 4.75. The zero-order valence-electron chi connectivity index (χ0n) is 14.9. The number of nitrogens with two attached hydrogens (primary N) is 1. The number of rotatable bonds is 7. The smallest absolute Gasteiger partial charge is 0.287 e. The van der Waals surface area contributed by atoms with Gasteiger partial charge in [0.05, 0.1) is 0 Å². The van der Waals surface area contributed by atoms with Gasteiger partial charge in [-0.15, -0.1) is 12.4 Å². The minimum Gasteiger partial charge on any atom is -0.486 e. The van der Waals surface area contributed by atoms with E-state index in [2.05, 4.69) is 11.4 Å². The molecule has 1 fully saturated rings. The molecular formula is C21H23ClN2O3. The summed E-state index contributed by atoms with van der Waals surface area (Å²) < 4.78 is 11.4. The van der Waals surface area contributed by atoms with Crippen molar-refractivity contribution < 1.29 is 13.9 Å². The van der Waals surface area contributed by atoms with Gasteiger partial charge in [0, 0.05) is 12.6 Å². The molecule has 0 spiro atoms. The summed E-state index contributed by atoms with van der Waals surface area (Å²) in [7, 11) is 0. The van der Waals surface area contributed by atoms with Gasteiger partial charge in [0.25, 0.3) is 5.91 Å². The maximum atomic E-state index is 12.3. The number of nitrogens with one attached hydrogen (secondary N) is 1. The second-order valence-corrected chi connectivity index (χ2v) is 6.72. The molecule has 4 rings (SSSR count). The highest BCUT2D eigenvalue weighted by atomic mass is 35.5. The number of carbonyl (C=O) groups excluding carboxylic acids is 1. The molecule has 3 aromatic rings. The monoisotopic (exact) mass is 386 g/mol. The van der Waals surface area contributed by atoms with Gasteiger partial charge < -0.3 is 20.2 Å². The number of hydrogen-bond acceptors (Lipinski definition) is 4. The molecule has 0 radical (unpaired) electrons. The number of ether oxygens (including phenoxy) is 1. The summed E-state index contributed by atoms with van der Waals surface area (Å²) >= 11 is 0. The molecule has 27 heavy (non-hydrogen) atoms. The average Bonchev–Trinajstić information content (AvgIpc) is 3.41. The maximum Gasteiger partial charge on any atom is 0.287 e. The van der Waals surface area contributed by atoms with Crippen LogP contribution in [0.1, 0.15) is 29.2 Å². The van der Waals surface area contributed by atoms with Crippen molar-refractivity contribution in [2.24, 2.45) is 11.7 Å². The van der Waals surface area contributed by atoms with E-state index >= 15 is 0 Å². The number of hydrogen-bond donors (Lipinski definition) is 2. The Balaban J connectivity index is 0.00000210. The van der Waals surface area contributed by atoms with Crippen LogP contribution in [0.5, 0.6) is 5.75 Å². The molecule has 1 aliphatic rings. The molecule has 0 bridgehead atoms. The Labute approximate surface area is 164 Å². The van der Waals surface area contributed by atoms with Crippen LogP contribution in [0.4, 0.5) is 0 Å². The minimum absolute atomic E-state index is 0. The Bertz CT molecular complexity index is 920. The summed E-state index contributed by atoms with van der Waals surface area (Å²) in [6.07, 6.45) is 2.26. The van der Waals surface area contributed by atoms with Gasteiger partial charge in [-0.25, -0.2) is 0 Å². The molecule has 2 aromatic carbocycles. The summed E-state index contributed by atoms with van der Waals surface area (Å²) in [6.45, 7) is 0.726. The quantitative estimate of drug-likeness (QED) is 0.645. The highest BCUT2D eigenvalue weighted by Crippen LogP contribution is 2.32. The number of fused-ring (bicyclic) bond motifs is 1. The molecule has 1 unspecified atom stereocenters. The zero-order chi connectivity index (χ0) is 17.9. The van der Waals surface area contributed by atoms with Gasteiger partial charge in [0.15, 0.2) is 5.76 Å². The SMILES string of the molecule is Cl.NCC(NC(=O)c1ccc(COc2ccc3ccccc3c2)o1)C1CC1. The first-order valence-corrected chi connectivity index (χ1v) is 8.94. The van der Waals surface area contributed by atoms with E-state index in [4.69, 9.17) is 14.9 Å². The molecule has 1 saturated carbocycles. The van der Waals surface area contributed by atoms with E-state index in [0.29, 0.717) is 24.0 Å². The first-order valence-electron chi connectivity index (χ1n) is 8.94. The van der Waals surface area contributed by atoms with Crippen molar-refractivity contribution in [1.29, 1.82) is 0 Å². The first kappa shape index (κ1) is 19.3. The maximum absolute atomic E-state index is 12.3. The molecule has 0 aliphatic heterocycles. The normalized spacial score (nSPS) is 14.4.